The third kappa shape index (κ3) is 9.25. The quantitative estimate of drug-likeness (QED) is 0.119. The number of carbonyl (C=O) groups is 3. The molecule has 2 saturated carbocycles. The van der Waals surface area contributed by atoms with E-state index in [-0.39, 0.29) is 34.7 Å². The number of hydrogen-bond acceptors (Lipinski definition) is 11. The van der Waals surface area contributed by atoms with Crippen LogP contribution in [-0.4, -0.2) is 105 Å². The molecule has 4 fully saturated rings. The van der Waals surface area contributed by atoms with Gasteiger partial charge >= 0.3 is 0 Å². The Morgan fingerprint density at radius 1 is 0.646 bits per heavy atom. The standard InChI is InChI=1S/C27H30N6O2.C24H29N5O/c1-27(9-3-2-4-10-27)25(35)21-17-29-26-24(21)31-22(18-30-26)19-6-5-7-20(16-19)32-12-14-33(15-13-32)23(34)8-11-28;1-24(8-3-2-4-9-24)22(30)19-15-26-23-21(19)28-20(16-27-23)17-6-5-7-18(14-17)29-12-10-25-11-13-29/h5-7,16-18H,2-4,8-10,12-15H2,1H3,(H,29,30);5-7,14-16,25H,2-4,8-13H2,1H3,(H,26,27). The molecule has 0 bridgehead atoms. The van der Waals surface area contributed by atoms with Crippen LogP contribution in [0.25, 0.3) is 44.8 Å². The zero-order valence-corrected chi connectivity index (χ0v) is 37.7. The normalized spacial score (nSPS) is 18.4. The van der Waals surface area contributed by atoms with Gasteiger partial charge in [-0.2, -0.15) is 5.26 Å². The van der Waals surface area contributed by atoms with Gasteiger partial charge in [0.15, 0.2) is 22.9 Å². The SMILES string of the molecule is CC1(C(=O)c2c[nH]c3ncc(-c4cccc(N5CCN(C(=O)CC#N)CC5)c4)nc23)CCCCC1.CC1(C(=O)c2c[nH]c3ncc(-c4cccc(N5CCNCC5)c4)nc23)CCCCC1. The topological polar surface area (TPSA) is 180 Å². The number of aromatic amines is 2. The van der Waals surface area contributed by atoms with Gasteiger partial charge in [-0.3, -0.25) is 14.4 Å². The van der Waals surface area contributed by atoms with Gasteiger partial charge in [-0.1, -0.05) is 76.6 Å². The molecule has 2 aliphatic carbocycles. The molecule has 3 N–H and O–H groups in total. The number of anilines is 2. The Morgan fingerprint density at radius 3 is 1.57 bits per heavy atom. The van der Waals surface area contributed by atoms with Gasteiger partial charge in [0.25, 0.3) is 0 Å². The summed E-state index contributed by atoms with van der Waals surface area (Å²) in [5.74, 6) is 0.255. The molecule has 2 aromatic carbocycles. The fourth-order valence-electron chi connectivity index (χ4n) is 10.2. The number of piperazine rings is 2. The second-order valence-corrected chi connectivity index (χ2v) is 18.8. The lowest BCUT2D eigenvalue weighted by Gasteiger charge is -2.36. The monoisotopic (exact) mass is 873 g/mol. The Hall–Kier alpha value is -6.46. The molecule has 2 aliphatic heterocycles. The molecule has 0 atom stereocenters. The van der Waals surface area contributed by atoms with E-state index >= 15 is 0 Å². The number of H-pyrrole nitrogens is 2. The number of fused-ring (bicyclic) bond motifs is 2. The van der Waals surface area contributed by atoms with Gasteiger partial charge in [0, 0.05) is 98.1 Å². The highest BCUT2D eigenvalue weighted by molar-refractivity contribution is 6.09. The van der Waals surface area contributed by atoms with E-state index < -0.39 is 0 Å². The average molecular weight is 874 g/mol. The lowest BCUT2D eigenvalue weighted by molar-refractivity contribution is -0.130. The van der Waals surface area contributed by atoms with Gasteiger partial charge in [-0.15, -0.1) is 0 Å². The van der Waals surface area contributed by atoms with Crippen molar-refractivity contribution in [3.63, 3.8) is 0 Å². The van der Waals surface area contributed by atoms with Crippen LogP contribution in [-0.2, 0) is 4.79 Å². The van der Waals surface area contributed by atoms with E-state index in [1.165, 1.54) is 18.5 Å². The highest BCUT2D eigenvalue weighted by Gasteiger charge is 2.38. The van der Waals surface area contributed by atoms with Gasteiger partial charge in [0.05, 0.1) is 41.0 Å². The summed E-state index contributed by atoms with van der Waals surface area (Å²) in [5.41, 5.74) is 9.09. The maximum Gasteiger partial charge on any atom is 0.236 e. The first-order valence-corrected chi connectivity index (χ1v) is 23.5. The maximum atomic E-state index is 13.5. The smallest absolute Gasteiger partial charge is 0.236 e. The van der Waals surface area contributed by atoms with Crippen LogP contribution < -0.4 is 15.1 Å². The number of ketones is 2. The Morgan fingerprint density at radius 2 is 1.11 bits per heavy atom. The third-order valence-electron chi connectivity index (χ3n) is 14.3. The van der Waals surface area contributed by atoms with Gasteiger partial charge in [-0.25, -0.2) is 19.9 Å². The summed E-state index contributed by atoms with van der Waals surface area (Å²) < 4.78 is 0. The average Bonchev–Trinajstić information content (AvgIpc) is 3.99. The number of benzene rings is 2. The number of nitrogens with one attached hydrogen (secondary N) is 3. The molecule has 1 amide bonds. The molecule has 0 radical (unpaired) electrons. The van der Waals surface area contributed by atoms with Crippen molar-refractivity contribution in [1.82, 2.24) is 40.1 Å². The number of aromatic nitrogens is 6. The largest absolute Gasteiger partial charge is 0.369 e. The third-order valence-corrected chi connectivity index (χ3v) is 14.3. The number of nitrogens with zero attached hydrogens (tertiary/aromatic N) is 8. The first-order valence-electron chi connectivity index (χ1n) is 23.5. The summed E-state index contributed by atoms with van der Waals surface area (Å²) in [6.07, 6.45) is 17.6. The van der Waals surface area contributed by atoms with Crippen LogP contribution in [0.5, 0.6) is 0 Å². The number of hydrogen-bond donors (Lipinski definition) is 3. The minimum atomic E-state index is -0.332. The molecule has 14 heteroatoms. The van der Waals surface area contributed by atoms with Gasteiger partial charge in [-0.05, 0) is 49.9 Å². The Bertz CT molecular complexity index is 2720. The number of rotatable bonds is 9. The molecule has 6 aromatic rings. The minimum Gasteiger partial charge on any atom is -0.369 e. The summed E-state index contributed by atoms with van der Waals surface area (Å²) in [5, 5.41) is 12.2. The fourth-order valence-corrected chi connectivity index (χ4v) is 10.2. The number of amides is 1. The molecule has 4 aliphatic rings. The molecule has 0 unspecified atom stereocenters. The molecule has 0 spiro atoms. The molecule has 2 saturated heterocycles. The molecule has 6 heterocycles. The summed E-state index contributed by atoms with van der Waals surface area (Å²) in [4.78, 5) is 70.5. The lowest BCUT2D eigenvalue weighted by atomic mass is 9.71. The fraction of sp³-hybridized carbons (Fsp3) is 0.451. The van der Waals surface area contributed by atoms with Crippen molar-refractivity contribution in [2.24, 2.45) is 10.8 Å². The van der Waals surface area contributed by atoms with Crippen LogP contribution in [0.15, 0.2) is 73.3 Å². The van der Waals surface area contributed by atoms with Crippen molar-refractivity contribution in [1.29, 1.82) is 5.26 Å². The van der Waals surface area contributed by atoms with Crippen LogP contribution in [0.4, 0.5) is 11.4 Å². The zero-order chi connectivity index (χ0) is 45.0. The van der Waals surface area contributed by atoms with Gasteiger partial charge < -0.3 is 30.0 Å². The zero-order valence-electron chi connectivity index (χ0n) is 37.7. The van der Waals surface area contributed by atoms with Crippen molar-refractivity contribution in [3.8, 4) is 28.6 Å². The van der Waals surface area contributed by atoms with E-state index in [4.69, 9.17) is 15.2 Å². The van der Waals surface area contributed by atoms with E-state index in [9.17, 15) is 14.4 Å². The maximum absolute atomic E-state index is 13.5. The van der Waals surface area contributed by atoms with Crippen LogP contribution in [0.1, 0.15) is 105 Å². The highest BCUT2D eigenvalue weighted by atomic mass is 16.2. The number of carbonyl (C=O) groups excluding carboxylic acids is 3. The Balaban J connectivity index is 0.000000166. The predicted molar refractivity (Wildman–Crippen MR) is 254 cm³/mol. The second-order valence-electron chi connectivity index (χ2n) is 18.8. The summed E-state index contributed by atoms with van der Waals surface area (Å²) in [7, 11) is 0. The molecule has 10 rings (SSSR count). The first kappa shape index (κ1) is 43.8. The van der Waals surface area contributed by atoms with Crippen LogP contribution in [0.3, 0.4) is 0 Å². The highest BCUT2D eigenvalue weighted by Crippen LogP contribution is 2.41. The molecular formula is C51H59N11O3. The van der Waals surface area contributed by atoms with E-state index in [0.717, 1.165) is 106 Å². The Kier molecular flexibility index (Phi) is 12.8. The van der Waals surface area contributed by atoms with Gasteiger partial charge in [0.2, 0.25) is 5.91 Å². The van der Waals surface area contributed by atoms with Crippen LogP contribution >= 0.6 is 0 Å². The minimum absolute atomic E-state index is 0.0700. The van der Waals surface area contributed by atoms with Crippen molar-refractivity contribution in [3.05, 3.63) is 84.4 Å². The van der Waals surface area contributed by atoms with Crippen molar-refractivity contribution in [2.45, 2.75) is 84.5 Å². The van der Waals surface area contributed by atoms with Crippen molar-refractivity contribution in [2.75, 3.05) is 62.2 Å². The molecule has 65 heavy (non-hydrogen) atoms. The number of nitriles is 1. The van der Waals surface area contributed by atoms with Crippen LogP contribution in [0, 0.1) is 22.2 Å². The molecule has 14 nitrogen and oxygen atoms in total. The first-order chi connectivity index (χ1) is 31.6. The molecular weight excluding hydrogens is 815 g/mol. The molecule has 4 aromatic heterocycles. The predicted octanol–water partition coefficient (Wildman–Crippen LogP) is 8.53. The number of Topliss-reactive ketones (excluding diaryl/α,β-unsaturated/α-hetero) is 2. The van der Waals surface area contributed by atoms with Crippen molar-refractivity contribution >= 4 is 51.2 Å². The lowest BCUT2D eigenvalue weighted by Crippen LogP contribution is -2.48. The Labute approximate surface area is 380 Å². The van der Waals surface area contributed by atoms with E-state index in [0.29, 0.717) is 59.6 Å². The second kappa shape index (κ2) is 18.9. The van der Waals surface area contributed by atoms with Crippen molar-refractivity contribution < 1.29 is 14.4 Å². The van der Waals surface area contributed by atoms with Crippen LogP contribution in [0.2, 0.25) is 0 Å². The summed E-state index contributed by atoms with van der Waals surface area (Å²) in [6.45, 7) is 10.8. The molecule has 336 valence electrons. The summed E-state index contributed by atoms with van der Waals surface area (Å²) in [6, 6.07) is 18.5. The van der Waals surface area contributed by atoms with E-state index in [2.05, 4.69) is 85.3 Å². The van der Waals surface area contributed by atoms with Gasteiger partial charge in [0.1, 0.15) is 17.5 Å². The summed E-state index contributed by atoms with van der Waals surface area (Å²) >= 11 is 0. The van der Waals surface area contributed by atoms with E-state index in [1.807, 2.05) is 18.2 Å². The van der Waals surface area contributed by atoms with E-state index in [1.54, 1.807) is 29.7 Å².